The lowest BCUT2D eigenvalue weighted by molar-refractivity contribution is -0.148. The van der Waals surface area contributed by atoms with Gasteiger partial charge in [0, 0.05) is 29.6 Å². The summed E-state index contributed by atoms with van der Waals surface area (Å²) in [6, 6.07) is 27.5. The highest BCUT2D eigenvalue weighted by Gasteiger charge is 2.54. The number of amides is 2. The van der Waals surface area contributed by atoms with E-state index in [-0.39, 0.29) is 41.8 Å². The fraction of sp³-hybridized carbons (Fsp3) is 0.439. The molecule has 4 aromatic rings. The molecule has 4 saturated carbocycles. The van der Waals surface area contributed by atoms with E-state index < -0.39 is 12.0 Å². The third kappa shape index (κ3) is 6.33. The maximum absolute atomic E-state index is 14.2. The maximum Gasteiger partial charge on any atom is 0.325 e. The lowest BCUT2D eigenvalue weighted by Gasteiger charge is -2.58. The summed E-state index contributed by atoms with van der Waals surface area (Å²) < 4.78 is 7.90. The minimum Gasteiger partial charge on any atom is -0.460 e. The molecule has 4 bridgehead atoms. The van der Waals surface area contributed by atoms with Crippen LogP contribution in [0, 0.1) is 23.2 Å². The van der Waals surface area contributed by atoms with Gasteiger partial charge in [0.15, 0.2) is 0 Å². The van der Waals surface area contributed by atoms with Crippen LogP contribution < -0.4 is 5.32 Å². The highest BCUT2D eigenvalue weighted by molar-refractivity contribution is 9.09. The lowest BCUT2D eigenvalue weighted by atomic mass is 9.48. The van der Waals surface area contributed by atoms with Gasteiger partial charge >= 0.3 is 5.97 Å². The molecule has 1 N–H and O–H groups in total. The number of nitrogens with zero attached hydrogens (tertiary/aromatic N) is 2. The zero-order chi connectivity index (χ0) is 33.5. The molecule has 0 spiro atoms. The van der Waals surface area contributed by atoms with Crippen molar-refractivity contribution in [1.29, 1.82) is 0 Å². The average Bonchev–Trinajstić information content (AvgIpc) is 3.42. The molecule has 8 heteroatoms. The molecule has 1 aromatic heterocycles. The Morgan fingerprint density at radius 1 is 0.816 bits per heavy atom. The molecule has 1 aliphatic heterocycles. The molecule has 4 fully saturated rings. The smallest absolute Gasteiger partial charge is 0.325 e. The number of hydrogen-bond acceptors (Lipinski definition) is 4. The molecule has 0 saturated heterocycles. The average molecular weight is 723 g/mol. The Hall–Kier alpha value is -3.91. The fourth-order valence-corrected chi connectivity index (χ4v) is 10.7. The molecule has 4 aliphatic carbocycles. The number of fused-ring (bicyclic) bond motifs is 3. The highest BCUT2D eigenvalue weighted by atomic mass is 79.9. The Balaban J connectivity index is 1.16. The molecule has 3 aromatic carbocycles. The van der Waals surface area contributed by atoms with Gasteiger partial charge < -0.3 is 19.5 Å². The minimum atomic E-state index is -0.741. The second-order valence-corrected chi connectivity index (χ2v) is 15.7. The summed E-state index contributed by atoms with van der Waals surface area (Å²) in [5.41, 5.74) is 5.69. The summed E-state index contributed by atoms with van der Waals surface area (Å²) in [4.78, 5) is 43.1. The number of rotatable bonds is 10. The van der Waals surface area contributed by atoms with Gasteiger partial charge in [-0.25, -0.2) is 0 Å². The van der Waals surface area contributed by atoms with E-state index >= 15 is 0 Å². The topological polar surface area (TPSA) is 80.6 Å². The molecule has 0 unspecified atom stereocenters. The third-order valence-corrected chi connectivity index (χ3v) is 12.3. The van der Waals surface area contributed by atoms with Crippen LogP contribution in [-0.2, 0) is 38.7 Å². The van der Waals surface area contributed by atoms with Crippen molar-refractivity contribution in [3.8, 4) is 0 Å². The van der Waals surface area contributed by atoms with Gasteiger partial charge in [0.25, 0.3) is 0 Å². The van der Waals surface area contributed by atoms with Crippen molar-refractivity contribution in [2.45, 2.75) is 76.6 Å². The number of carbonyl (C=O) groups is 3. The van der Waals surface area contributed by atoms with Gasteiger partial charge in [0.1, 0.15) is 19.2 Å². The van der Waals surface area contributed by atoms with Crippen LogP contribution in [0.4, 0.5) is 0 Å². The van der Waals surface area contributed by atoms with E-state index in [9.17, 15) is 14.4 Å². The van der Waals surface area contributed by atoms with Crippen molar-refractivity contribution in [1.82, 2.24) is 14.8 Å². The Morgan fingerprint density at radius 2 is 1.43 bits per heavy atom. The van der Waals surface area contributed by atoms with E-state index in [2.05, 4.69) is 74.3 Å². The highest BCUT2D eigenvalue weighted by Crippen LogP contribution is 2.63. The summed E-state index contributed by atoms with van der Waals surface area (Å²) in [6.45, 7) is 0.583. The van der Waals surface area contributed by atoms with Crippen molar-refractivity contribution in [2.75, 3.05) is 11.9 Å². The number of alkyl halides is 1. The number of aromatic nitrogens is 1. The molecule has 49 heavy (non-hydrogen) atoms. The Bertz CT molecular complexity index is 1820. The van der Waals surface area contributed by atoms with Crippen LogP contribution >= 0.6 is 15.9 Å². The van der Waals surface area contributed by atoms with Crippen LogP contribution in [0.25, 0.3) is 10.9 Å². The summed E-state index contributed by atoms with van der Waals surface area (Å²) in [5.74, 6) is 1.40. The fourth-order valence-electron chi connectivity index (χ4n) is 10.4. The molecule has 0 radical (unpaired) electrons. The first-order valence-corrected chi connectivity index (χ1v) is 19.0. The first-order valence-electron chi connectivity index (χ1n) is 17.9. The lowest BCUT2D eigenvalue weighted by Crippen LogP contribution is -2.57. The predicted molar refractivity (Wildman–Crippen MR) is 193 cm³/mol. The van der Waals surface area contributed by atoms with Crippen LogP contribution in [-0.4, -0.2) is 45.2 Å². The zero-order valence-electron chi connectivity index (χ0n) is 27.9. The van der Waals surface area contributed by atoms with Crippen molar-refractivity contribution in [2.24, 2.45) is 23.2 Å². The van der Waals surface area contributed by atoms with Crippen LogP contribution in [0.3, 0.4) is 0 Å². The number of nitrogens with one attached hydrogen (secondary N) is 1. The molecular formula is C41H44BrN3O4. The monoisotopic (exact) mass is 721 g/mol. The molecule has 7 nitrogen and oxygen atoms in total. The van der Waals surface area contributed by atoms with E-state index in [4.69, 9.17) is 4.74 Å². The number of benzene rings is 3. The standard InChI is InChI=1S/C41H44BrN3O4/c42-23-37(46)45-35(40(48)43-24-38(47)49-26-28-11-5-2-6-12-28)18-33-32-13-7-8-14-34(32)44(25-27-9-3-1-4-10-27)39(33)36(45)22-41-19-29-15-30(20-41)17-31(16-29)21-41/h1-14,29-31,35-36H,15-26H2,(H,43,48)/t29?,30?,31?,35-,36+,41?/m0/s1. The largest absolute Gasteiger partial charge is 0.460 e. The van der Waals surface area contributed by atoms with Gasteiger partial charge in [-0.1, -0.05) is 94.8 Å². The van der Waals surface area contributed by atoms with Crippen molar-refractivity contribution in [3.05, 3.63) is 107 Å². The normalized spacial score (nSPS) is 26.8. The molecule has 5 aliphatic rings. The van der Waals surface area contributed by atoms with Gasteiger partial charge in [0.2, 0.25) is 11.8 Å². The van der Waals surface area contributed by atoms with Crippen molar-refractivity contribution in [3.63, 3.8) is 0 Å². The quantitative estimate of drug-likeness (QED) is 0.137. The van der Waals surface area contributed by atoms with Crippen LogP contribution in [0.1, 0.15) is 73.4 Å². The molecule has 2 atom stereocenters. The summed E-state index contributed by atoms with van der Waals surface area (Å²) in [7, 11) is 0. The number of carbonyl (C=O) groups excluding carboxylic acids is 3. The second kappa shape index (κ2) is 13.4. The van der Waals surface area contributed by atoms with E-state index in [1.54, 1.807) is 0 Å². The van der Waals surface area contributed by atoms with Crippen LogP contribution in [0.2, 0.25) is 0 Å². The molecule has 2 amide bonds. The Morgan fingerprint density at radius 3 is 2.08 bits per heavy atom. The van der Waals surface area contributed by atoms with E-state index in [1.807, 2.05) is 41.3 Å². The summed E-state index contributed by atoms with van der Waals surface area (Å²) >= 11 is 3.50. The van der Waals surface area contributed by atoms with Crippen molar-refractivity contribution < 1.29 is 19.1 Å². The predicted octanol–water partition coefficient (Wildman–Crippen LogP) is 7.35. The Kier molecular flexibility index (Phi) is 8.85. The third-order valence-electron chi connectivity index (χ3n) is 11.8. The first kappa shape index (κ1) is 32.3. The van der Waals surface area contributed by atoms with E-state index in [0.29, 0.717) is 13.0 Å². The SMILES string of the molecule is O=C(CNC(=O)[C@@H]1Cc2c(n(Cc3ccccc3)c3ccccc23)[C@@H](CC23CC4CC(CC(C4)C2)C3)N1C(=O)CBr)OCc1ccccc1. The first-order chi connectivity index (χ1) is 23.9. The van der Waals surface area contributed by atoms with E-state index in [1.165, 1.54) is 49.8 Å². The molecule has 9 rings (SSSR count). The zero-order valence-corrected chi connectivity index (χ0v) is 29.4. The maximum atomic E-state index is 14.2. The number of hydrogen-bond donors (Lipinski definition) is 1. The number of esters is 1. The van der Waals surface area contributed by atoms with Gasteiger partial charge in [-0.3, -0.25) is 14.4 Å². The van der Waals surface area contributed by atoms with Crippen LogP contribution in [0.15, 0.2) is 84.9 Å². The second-order valence-electron chi connectivity index (χ2n) is 15.1. The molecular weight excluding hydrogens is 678 g/mol. The van der Waals surface area contributed by atoms with Gasteiger partial charge in [-0.15, -0.1) is 0 Å². The van der Waals surface area contributed by atoms with Gasteiger partial charge in [-0.2, -0.15) is 0 Å². The Labute approximate surface area is 296 Å². The summed E-state index contributed by atoms with van der Waals surface area (Å²) in [6.07, 6.45) is 8.92. The van der Waals surface area contributed by atoms with Crippen molar-refractivity contribution >= 4 is 44.6 Å². The van der Waals surface area contributed by atoms with Gasteiger partial charge in [0.05, 0.1) is 11.4 Å². The number of halogens is 1. The van der Waals surface area contributed by atoms with E-state index in [0.717, 1.165) is 46.2 Å². The summed E-state index contributed by atoms with van der Waals surface area (Å²) in [5, 5.41) is 4.13. The minimum absolute atomic E-state index is 0.0938. The molecule has 254 valence electrons. The number of ether oxygens (including phenoxy) is 1. The van der Waals surface area contributed by atoms with Gasteiger partial charge in [-0.05, 0) is 90.9 Å². The molecule has 2 heterocycles. The van der Waals surface area contributed by atoms with Crippen LogP contribution in [0.5, 0.6) is 0 Å². The number of para-hydroxylation sites is 1.